The van der Waals surface area contributed by atoms with Crippen LogP contribution in [0.15, 0.2) is 28.7 Å². The van der Waals surface area contributed by atoms with Crippen molar-refractivity contribution in [1.29, 1.82) is 0 Å². The van der Waals surface area contributed by atoms with Crippen molar-refractivity contribution in [3.63, 3.8) is 0 Å². The summed E-state index contributed by atoms with van der Waals surface area (Å²) in [6, 6.07) is 7.72. The van der Waals surface area contributed by atoms with Crippen LogP contribution in [0.2, 0.25) is 0 Å². The van der Waals surface area contributed by atoms with E-state index in [1.165, 1.54) is 6.42 Å². The SMILES string of the molecule is Cc1ccc2oc(C(=O)NC3(CN)CCCCC3)cc2c1. The van der Waals surface area contributed by atoms with Crippen LogP contribution in [0.25, 0.3) is 11.0 Å². The van der Waals surface area contributed by atoms with Crippen LogP contribution in [0, 0.1) is 6.92 Å². The molecule has 0 atom stereocenters. The van der Waals surface area contributed by atoms with Gasteiger partial charge in [0, 0.05) is 11.9 Å². The quantitative estimate of drug-likeness (QED) is 0.910. The highest BCUT2D eigenvalue weighted by Crippen LogP contribution is 2.28. The third-order valence-electron chi connectivity index (χ3n) is 4.48. The Balaban J connectivity index is 1.82. The summed E-state index contributed by atoms with van der Waals surface area (Å²) in [5, 5.41) is 4.08. The van der Waals surface area contributed by atoms with Crippen LogP contribution in [0.4, 0.5) is 0 Å². The summed E-state index contributed by atoms with van der Waals surface area (Å²) in [5.41, 5.74) is 7.55. The fraction of sp³-hybridized carbons (Fsp3) is 0.471. The summed E-state index contributed by atoms with van der Waals surface area (Å²) in [4.78, 5) is 12.5. The van der Waals surface area contributed by atoms with Gasteiger partial charge in [0.25, 0.3) is 5.91 Å². The fourth-order valence-electron chi connectivity index (χ4n) is 3.19. The molecule has 1 aromatic heterocycles. The lowest BCUT2D eigenvalue weighted by molar-refractivity contribution is 0.0848. The van der Waals surface area contributed by atoms with Gasteiger partial charge >= 0.3 is 0 Å². The molecule has 4 nitrogen and oxygen atoms in total. The molecule has 0 aliphatic heterocycles. The fourth-order valence-corrected chi connectivity index (χ4v) is 3.19. The summed E-state index contributed by atoms with van der Waals surface area (Å²) >= 11 is 0. The van der Waals surface area contributed by atoms with Gasteiger partial charge in [-0.2, -0.15) is 0 Å². The average Bonchev–Trinajstić information content (AvgIpc) is 2.91. The molecule has 2 aromatic rings. The molecular weight excluding hydrogens is 264 g/mol. The van der Waals surface area contributed by atoms with E-state index in [1.807, 2.05) is 31.2 Å². The molecule has 4 heteroatoms. The van der Waals surface area contributed by atoms with E-state index >= 15 is 0 Å². The van der Waals surface area contributed by atoms with E-state index in [0.717, 1.165) is 42.2 Å². The van der Waals surface area contributed by atoms with Gasteiger partial charge in [-0.3, -0.25) is 4.79 Å². The van der Waals surface area contributed by atoms with Gasteiger partial charge in [-0.1, -0.05) is 30.9 Å². The Hall–Kier alpha value is -1.81. The summed E-state index contributed by atoms with van der Waals surface area (Å²) in [5.74, 6) is 0.213. The number of amides is 1. The zero-order valence-corrected chi connectivity index (χ0v) is 12.4. The van der Waals surface area contributed by atoms with Gasteiger partial charge in [0.2, 0.25) is 0 Å². The van der Waals surface area contributed by atoms with Crippen LogP contribution in [-0.2, 0) is 0 Å². The topological polar surface area (TPSA) is 68.3 Å². The molecule has 0 spiro atoms. The van der Waals surface area contributed by atoms with Crippen LogP contribution < -0.4 is 11.1 Å². The minimum absolute atomic E-state index is 0.156. The molecule has 1 aliphatic carbocycles. The van der Waals surface area contributed by atoms with E-state index in [4.69, 9.17) is 10.2 Å². The van der Waals surface area contributed by atoms with E-state index in [9.17, 15) is 4.79 Å². The summed E-state index contributed by atoms with van der Waals surface area (Å²) in [6.07, 6.45) is 5.37. The molecule has 1 fully saturated rings. The Morgan fingerprint density at radius 3 is 2.76 bits per heavy atom. The van der Waals surface area contributed by atoms with Gasteiger partial charge in [0.05, 0.1) is 5.54 Å². The Kier molecular flexibility index (Phi) is 3.72. The van der Waals surface area contributed by atoms with Crippen LogP contribution >= 0.6 is 0 Å². The lowest BCUT2D eigenvalue weighted by Gasteiger charge is -2.36. The molecule has 1 aromatic carbocycles. The molecule has 1 aliphatic rings. The van der Waals surface area contributed by atoms with Gasteiger partial charge in [-0.05, 0) is 38.0 Å². The number of hydrogen-bond acceptors (Lipinski definition) is 3. The van der Waals surface area contributed by atoms with Crippen molar-refractivity contribution in [2.24, 2.45) is 5.73 Å². The molecular formula is C17H22N2O2. The Morgan fingerprint density at radius 1 is 1.29 bits per heavy atom. The maximum absolute atomic E-state index is 12.5. The van der Waals surface area contributed by atoms with E-state index in [1.54, 1.807) is 0 Å². The number of carbonyl (C=O) groups is 1. The Bertz CT molecular complexity index is 654. The van der Waals surface area contributed by atoms with E-state index in [-0.39, 0.29) is 11.4 Å². The second-order valence-electron chi connectivity index (χ2n) is 6.15. The Labute approximate surface area is 124 Å². The molecule has 1 amide bonds. The minimum Gasteiger partial charge on any atom is -0.451 e. The van der Waals surface area contributed by atoms with E-state index in [2.05, 4.69) is 5.32 Å². The molecule has 1 heterocycles. The maximum atomic E-state index is 12.5. The predicted molar refractivity (Wildman–Crippen MR) is 83.3 cm³/mol. The lowest BCUT2D eigenvalue weighted by atomic mass is 9.81. The van der Waals surface area contributed by atoms with Gasteiger partial charge < -0.3 is 15.5 Å². The van der Waals surface area contributed by atoms with Crippen LogP contribution in [0.5, 0.6) is 0 Å². The van der Waals surface area contributed by atoms with Gasteiger partial charge in [0.1, 0.15) is 5.58 Å². The Morgan fingerprint density at radius 2 is 2.05 bits per heavy atom. The van der Waals surface area contributed by atoms with Crippen molar-refractivity contribution >= 4 is 16.9 Å². The molecule has 0 radical (unpaired) electrons. The second-order valence-corrected chi connectivity index (χ2v) is 6.15. The minimum atomic E-state index is -0.260. The third-order valence-corrected chi connectivity index (χ3v) is 4.48. The first-order valence-corrected chi connectivity index (χ1v) is 7.65. The number of hydrogen-bond donors (Lipinski definition) is 2. The summed E-state index contributed by atoms with van der Waals surface area (Å²) in [7, 11) is 0. The first kappa shape index (κ1) is 14.1. The summed E-state index contributed by atoms with van der Waals surface area (Å²) < 4.78 is 5.66. The summed E-state index contributed by atoms with van der Waals surface area (Å²) in [6.45, 7) is 2.51. The lowest BCUT2D eigenvalue weighted by Crippen LogP contribution is -2.54. The number of nitrogens with one attached hydrogen (secondary N) is 1. The van der Waals surface area contributed by atoms with Crippen LogP contribution in [0.3, 0.4) is 0 Å². The van der Waals surface area contributed by atoms with Gasteiger partial charge in [-0.15, -0.1) is 0 Å². The number of fused-ring (bicyclic) bond motifs is 1. The number of aryl methyl sites for hydroxylation is 1. The number of benzene rings is 1. The smallest absolute Gasteiger partial charge is 0.287 e. The average molecular weight is 286 g/mol. The van der Waals surface area contributed by atoms with Crippen LogP contribution in [0.1, 0.15) is 48.2 Å². The number of rotatable bonds is 3. The molecule has 112 valence electrons. The molecule has 21 heavy (non-hydrogen) atoms. The van der Waals surface area contributed by atoms with Gasteiger partial charge in [-0.25, -0.2) is 0 Å². The van der Waals surface area contributed by atoms with Gasteiger partial charge in [0.15, 0.2) is 5.76 Å². The van der Waals surface area contributed by atoms with Crippen molar-refractivity contribution in [2.75, 3.05) is 6.54 Å². The van der Waals surface area contributed by atoms with E-state index in [0.29, 0.717) is 12.3 Å². The zero-order chi connectivity index (χ0) is 14.9. The normalized spacial score (nSPS) is 17.8. The highest BCUT2D eigenvalue weighted by Gasteiger charge is 2.33. The van der Waals surface area contributed by atoms with E-state index < -0.39 is 0 Å². The van der Waals surface area contributed by atoms with Crippen molar-refractivity contribution in [1.82, 2.24) is 5.32 Å². The molecule has 3 N–H and O–H groups in total. The highest BCUT2D eigenvalue weighted by molar-refractivity contribution is 5.96. The molecule has 3 rings (SSSR count). The zero-order valence-electron chi connectivity index (χ0n) is 12.4. The van der Waals surface area contributed by atoms with Crippen molar-refractivity contribution in [3.8, 4) is 0 Å². The molecule has 0 bridgehead atoms. The number of carbonyl (C=O) groups excluding carboxylic acids is 1. The first-order chi connectivity index (χ1) is 10.1. The molecule has 0 saturated heterocycles. The first-order valence-electron chi connectivity index (χ1n) is 7.65. The molecule has 1 saturated carbocycles. The second kappa shape index (κ2) is 5.53. The largest absolute Gasteiger partial charge is 0.451 e. The maximum Gasteiger partial charge on any atom is 0.287 e. The van der Waals surface area contributed by atoms with Crippen molar-refractivity contribution < 1.29 is 9.21 Å². The van der Waals surface area contributed by atoms with Crippen LogP contribution in [-0.4, -0.2) is 18.0 Å². The molecule has 0 unspecified atom stereocenters. The van der Waals surface area contributed by atoms with Crippen molar-refractivity contribution in [2.45, 2.75) is 44.6 Å². The number of furan rings is 1. The van der Waals surface area contributed by atoms with Crippen molar-refractivity contribution in [3.05, 3.63) is 35.6 Å². The standard InChI is InChI=1S/C17H22N2O2/c1-12-5-6-14-13(9-12)10-15(21-14)16(20)19-17(11-18)7-3-2-4-8-17/h5-6,9-10H,2-4,7-8,11,18H2,1H3,(H,19,20). The predicted octanol–water partition coefficient (Wildman–Crippen LogP) is 3.13. The highest BCUT2D eigenvalue weighted by atomic mass is 16.3. The third kappa shape index (κ3) is 2.81. The number of nitrogens with two attached hydrogens (primary N) is 1. The monoisotopic (exact) mass is 286 g/mol.